The lowest BCUT2D eigenvalue weighted by molar-refractivity contribution is 0.218. The van der Waals surface area contributed by atoms with Gasteiger partial charge in [-0.1, -0.05) is 30.3 Å². The summed E-state index contributed by atoms with van der Waals surface area (Å²) in [6, 6.07) is 14.2. The van der Waals surface area contributed by atoms with Gasteiger partial charge in [-0.25, -0.2) is 9.97 Å². The van der Waals surface area contributed by atoms with Crippen LogP contribution in [0.3, 0.4) is 0 Å². The summed E-state index contributed by atoms with van der Waals surface area (Å²) in [7, 11) is 3.50. The van der Waals surface area contributed by atoms with Crippen LogP contribution in [0.5, 0.6) is 0 Å². The Kier molecular flexibility index (Phi) is 6.50. The number of aromatic nitrogens is 2. The quantitative estimate of drug-likeness (QED) is 0.190. The number of hydrogen-bond donors (Lipinski definition) is 3. The van der Waals surface area contributed by atoms with E-state index >= 15 is 0 Å². The van der Waals surface area contributed by atoms with Crippen LogP contribution in [0, 0.1) is 5.41 Å². The number of thioether (sulfide) groups is 1. The fourth-order valence-corrected chi connectivity index (χ4v) is 5.63. The summed E-state index contributed by atoms with van der Waals surface area (Å²) in [5.41, 5.74) is 11.9. The molecule has 0 saturated carbocycles. The number of nitrogens with one attached hydrogen (secondary N) is 2. The lowest BCUT2D eigenvalue weighted by Crippen LogP contribution is -1.99. The number of thiophene rings is 1. The molecule has 4 N–H and O–H groups in total. The van der Waals surface area contributed by atoms with Gasteiger partial charge in [-0.2, -0.15) is 0 Å². The normalized spacial score (nSPS) is 11.0. The molecular weight excluding hydrogens is 426 g/mol. The average molecular weight is 450 g/mol. The van der Waals surface area contributed by atoms with Crippen molar-refractivity contribution in [2.24, 2.45) is 0 Å². The van der Waals surface area contributed by atoms with Gasteiger partial charge in [0.05, 0.1) is 22.2 Å². The van der Waals surface area contributed by atoms with Crippen LogP contribution in [0.25, 0.3) is 32.6 Å². The predicted molar refractivity (Wildman–Crippen MR) is 133 cm³/mol. The number of pyridine rings is 2. The molecule has 0 atom stereocenters. The fourth-order valence-electron chi connectivity index (χ4n) is 3.36. The molecule has 3 aromatic heterocycles. The van der Waals surface area contributed by atoms with Gasteiger partial charge in [-0.05, 0) is 23.3 Å². The Morgan fingerprint density at radius 1 is 1.23 bits per heavy atom. The minimum atomic E-state index is 0.665. The lowest BCUT2D eigenvalue weighted by Gasteiger charge is -2.10. The number of anilines is 2. The van der Waals surface area contributed by atoms with Crippen LogP contribution in [0.2, 0.25) is 0 Å². The molecular formula is C23H23N5OS2. The summed E-state index contributed by atoms with van der Waals surface area (Å²) in [5, 5.41) is 11.7. The third-order valence-corrected chi connectivity index (χ3v) is 7.23. The molecule has 0 fully saturated rings. The standard InChI is InChI=1S/C23H23N5OS2/c1-26-21-15(12-24)10-16(13-27-21)18-11-17(14-6-4-3-5-7-14)19-20(25)23(30-9-8-29-2)31-22(19)28-18/h3-7,10-13,24H,8-9,25H2,1-2H3,(H,26,27). The topological polar surface area (TPSA) is 96.9 Å². The summed E-state index contributed by atoms with van der Waals surface area (Å²) in [5.74, 6) is 1.50. The minimum Gasteiger partial charge on any atom is -0.397 e. The lowest BCUT2D eigenvalue weighted by atomic mass is 10.00. The Labute approximate surface area is 189 Å². The van der Waals surface area contributed by atoms with Crippen molar-refractivity contribution in [3.8, 4) is 22.4 Å². The van der Waals surface area contributed by atoms with Gasteiger partial charge in [0.15, 0.2) is 0 Å². The first kappa shape index (κ1) is 21.3. The van der Waals surface area contributed by atoms with Crippen LogP contribution in [0.1, 0.15) is 5.56 Å². The van der Waals surface area contributed by atoms with E-state index in [-0.39, 0.29) is 0 Å². The van der Waals surface area contributed by atoms with E-state index in [2.05, 4.69) is 28.5 Å². The molecule has 0 saturated heterocycles. The van der Waals surface area contributed by atoms with E-state index in [1.807, 2.05) is 24.3 Å². The van der Waals surface area contributed by atoms with E-state index in [4.69, 9.17) is 20.9 Å². The molecule has 3 heterocycles. The van der Waals surface area contributed by atoms with Gasteiger partial charge in [-0.3, -0.25) is 0 Å². The number of nitrogens with zero attached hydrogens (tertiary/aromatic N) is 2. The fraction of sp³-hybridized carbons (Fsp3) is 0.174. The van der Waals surface area contributed by atoms with Crippen molar-refractivity contribution < 1.29 is 4.74 Å². The smallest absolute Gasteiger partial charge is 0.134 e. The molecule has 1 aromatic carbocycles. The maximum atomic E-state index is 7.71. The molecule has 158 valence electrons. The molecule has 6 nitrogen and oxygen atoms in total. The Balaban J connectivity index is 1.91. The molecule has 0 spiro atoms. The van der Waals surface area contributed by atoms with Crippen LogP contribution < -0.4 is 11.1 Å². The Hall–Kier alpha value is -2.94. The third kappa shape index (κ3) is 4.27. The summed E-state index contributed by atoms with van der Waals surface area (Å²) in [6.07, 6.45) is 3.08. The zero-order valence-corrected chi connectivity index (χ0v) is 18.9. The second-order valence-corrected chi connectivity index (χ2v) is 9.16. The number of ether oxygens (including phenoxy) is 1. The molecule has 0 aliphatic rings. The van der Waals surface area contributed by atoms with Crippen molar-refractivity contribution in [1.29, 1.82) is 5.41 Å². The van der Waals surface area contributed by atoms with Crippen LogP contribution >= 0.6 is 23.1 Å². The van der Waals surface area contributed by atoms with Gasteiger partial charge < -0.3 is 21.2 Å². The molecule has 0 aliphatic carbocycles. The SMILES string of the molecule is CNc1ncc(-c2cc(-c3ccccc3)c3c(N)c(SCCOC)sc3n2)cc1C=N. The van der Waals surface area contributed by atoms with Crippen LogP contribution in [0.4, 0.5) is 11.5 Å². The Bertz CT molecular complexity index is 1220. The van der Waals surface area contributed by atoms with Gasteiger partial charge >= 0.3 is 0 Å². The summed E-state index contributed by atoms with van der Waals surface area (Å²) in [6.45, 7) is 0.665. The van der Waals surface area contributed by atoms with Gasteiger partial charge in [-0.15, -0.1) is 23.1 Å². The molecule has 8 heteroatoms. The number of rotatable bonds is 8. The van der Waals surface area contributed by atoms with Crippen LogP contribution in [0.15, 0.2) is 52.9 Å². The summed E-state index contributed by atoms with van der Waals surface area (Å²) < 4.78 is 6.24. The molecule has 0 aliphatic heterocycles. The van der Waals surface area contributed by atoms with E-state index < -0.39 is 0 Å². The van der Waals surface area contributed by atoms with Gasteiger partial charge in [0, 0.05) is 48.8 Å². The number of nitrogens with two attached hydrogens (primary N) is 1. The Morgan fingerprint density at radius 3 is 2.74 bits per heavy atom. The van der Waals surface area contributed by atoms with Crippen molar-refractivity contribution in [2.45, 2.75) is 4.21 Å². The van der Waals surface area contributed by atoms with Crippen molar-refractivity contribution >= 4 is 51.0 Å². The number of hydrogen-bond acceptors (Lipinski definition) is 8. The summed E-state index contributed by atoms with van der Waals surface area (Å²) in [4.78, 5) is 10.3. The highest BCUT2D eigenvalue weighted by molar-refractivity contribution is 8.01. The molecule has 0 bridgehead atoms. The number of fused-ring (bicyclic) bond motifs is 1. The first-order valence-electron chi connectivity index (χ1n) is 9.75. The van der Waals surface area contributed by atoms with E-state index in [0.29, 0.717) is 18.0 Å². The van der Waals surface area contributed by atoms with Crippen LogP contribution in [-0.2, 0) is 4.74 Å². The molecule has 0 unspecified atom stereocenters. The highest BCUT2D eigenvalue weighted by Gasteiger charge is 2.18. The maximum absolute atomic E-state index is 7.71. The highest BCUT2D eigenvalue weighted by Crippen LogP contribution is 2.45. The molecule has 31 heavy (non-hydrogen) atoms. The number of nitrogen functional groups attached to an aromatic ring is 1. The molecule has 0 amide bonds. The Morgan fingerprint density at radius 2 is 2.03 bits per heavy atom. The summed E-state index contributed by atoms with van der Waals surface area (Å²) >= 11 is 3.30. The molecule has 0 radical (unpaired) electrons. The van der Waals surface area contributed by atoms with Gasteiger partial charge in [0.2, 0.25) is 0 Å². The van der Waals surface area contributed by atoms with Crippen molar-refractivity contribution in [3.05, 3.63) is 54.2 Å². The largest absolute Gasteiger partial charge is 0.397 e. The molecule has 4 rings (SSSR count). The first-order chi connectivity index (χ1) is 15.2. The molecule has 4 aromatic rings. The average Bonchev–Trinajstić information content (AvgIpc) is 3.14. The number of benzene rings is 1. The van der Waals surface area contributed by atoms with Gasteiger partial charge in [0.1, 0.15) is 10.6 Å². The number of methoxy groups -OCH3 is 1. The monoisotopic (exact) mass is 449 g/mol. The van der Waals surface area contributed by atoms with E-state index in [0.717, 1.165) is 48.3 Å². The van der Waals surface area contributed by atoms with E-state index in [9.17, 15) is 0 Å². The zero-order valence-electron chi connectivity index (χ0n) is 17.3. The van der Waals surface area contributed by atoms with Crippen molar-refractivity contribution in [2.75, 3.05) is 37.6 Å². The van der Waals surface area contributed by atoms with Crippen LogP contribution in [-0.4, -0.2) is 42.7 Å². The third-order valence-electron chi connectivity index (χ3n) is 4.88. The second-order valence-electron chi connectivity index (χ2n) is 6.80. The first-order valence-corrected chi connectivity index (χ1v) is 11.5. The van der Waals surface area contributed by atoms with Gasteiger partial charge in [0.25, 0.3) is 0 Å². The van der Waals surface area contributed by atoms with E-state index in [1.165, 1.54) is 6.21 Å². The van der Waals surface area contributed by atoms with Crippen molar-refractivity contribution in [3.63, 3.8) is 0 Å². The maximum Gasteiger partial charge on any atom is 0.134 e. The minimum absolute atomic E-state index is 0.665. The van der Waals surface area contributed by atoms with Crippen molar-refractivity contribution in [1.82, 2.24) is 9.97 Å². The van der Waals surface area contributed by atoms with E-state index in [1.54, 1.807) is 43.5 Å². The highest BCUT2D eigenvalue weighted by atomic mass is 32.2. The predicted octanol–water partition coefficient (Wildman–Crippen LogP) is 5.39. The second kappa shape index (κ2) is 9.47. The zero-order chi connectivity index (χ0) is 21.8.